The maximum atomic E-state index is 12.6. The second-order valence-corrected chi connectivity index (χ2v) is 16.1. The van der Waals surface area contributed by atoms with Crippen molar-refractivity contribution in [1.82, 2.24) is 0 Å². The van der Waals surface area contributed by atoms with Crippen molar-refractivity contribution in [2.24, 2.45) is 20.5 Å². The zero-order chi connectivity index (χ0) is 37.7. The van der Waals surface area contributed by atoms with E-state index in [0.29, 0.717) is 24.1 Å². The number of sulfone groups is 1. The summed E-state index contributed by atoms with van der Waals surface area (Å²) in [6, 6.07) is 11.0. The van der Waals surface area contributed by atoms with E-state index in [1.54, 1.807) is 0 Å². The maximum Gasteiger partial charge on any atom is 0.397 e. The summed E-state index contributed by atoms with van der Waals surface area (Å²) in [4.78, 5) is 3.82. The standard InChI is InChI=1S/C22H23N5O18S6/c23-17-4-1-14(24-25-18-6-3-16(13-21(18)47-44-41-28)49(31,32)10-8-40-51(36,37)38)11-20(17)27-26-19-5-2-15(12-22(19)50(33,34)35)46-43-39-7-9-48(30)45-42-29/h1-6,11-13,28-29H,7-10,23H2,(H,33,34,35)(H,36,37,38). The molecule has 23 nitrogen and oxygen atoms in total. The molecule has 51 heavy (non-hydrogen) atoms. The van der Waals surface area contributed by atoms with E-state index in [1.807, 2.05) is 0 Å². The molecule has 0 bridgehead atoms. The molecule has 0 aromatic heterocycles. The van der Waals surface area contributed by atoms with Crippen LogP contribution in [0.4, 0.5) is 28.4 Å². The van der Waals surface area contributed by atoms with Crippen molar-refractivity contribution in [3.05, 3.63) is 54.6 Å². The summed E-state index contributed by atoms with van der Waals surface area (Å²) in [5.74, 6) is -1.08. The number of nitrogens with two attached hydrogens (primary N) is 1. The van der Waals surface area contributed by atoms with Gasteiger partial charge in [-0.25, -0.2) is 32.2 Å². The van der Waals surface area contributed by atoms with Crippen LogP contribution < -0.4 is 5.73 Å². The molecular weight excluding hydrogens is 815 g/mol. The van der Waals surface area contributed by atoms with Crippen molar-refractivity contribution in [2.45, 2.75) is 19.6 Å². The van der Waals surface area contributed by atoms with Crippen LogP contribution in [0.1, 0.15) is 0 Å². The highest BCUT2D eigenvalue weighted by Gasteiger charge is 2.20. The van der Waals surface area contributed by atoms with Gasteiger partial charge in [0, 0.05) is 4.90 Å². The summed E-state index contributed by atoms with van der Waals surface area (Å²) in [7, 11) is -13.9. The number of nitrogens with zero attached hydrogens (tertiary/aromatic N) is 4. The predicted molar refractivity (Wildman–Crippen MR) is 173 cm³/mol. The van der Waals surface area contributed by atoms with Gasteiger partial charge in [0.2, 0.25) is 0 Å². The third-order valence-electron chi connectivity index (χ3n) is 5.41. The monoisotopic (exact) mass is 837 g/mol. The van der Waals surface area contributed by atoms with Gasteiger partial charge in [0.15, 0.2) is 20.9 Å². The van der Waals surface area contributed by atoms with Gasteiger partial charge in [0.1, 0.15) is 22.0 Å². The molecule has 3 aromatic carbocycles. The van der Waals surface area contributed by atoms with Crippen LogP contribution in [0.25, 0.3) is 0 Å². The highest BCUT2D eigenvalue weighted by molar-refractivity contribution is 7.95. The van der Waals surface area contributed by atoms with Crippen molar-refractivity contribution < 1.29 is 81.2 Å². The number of azo groups is 2. The fourth-order valence-electron chi connectivity index (χ4n) is 3.26. The van der Waals surface area contributed by atoms with Gasteiger partial charge < -0.3 is 5.73 Å². The molecule has 0 aliphatic heterocycles. The minimum Gasteiger partial charge on any atom is -0.397 e. The van der Waals surface area contributed by atoms with Crippen LogP contribution in [0.5, 0.6) is 0 Å². The lowest BCUT2D eigenvalue weighted by Gasteiger charge is -2.08. The molecule has 0 saturated carbocycles. The zero-order valence-electron chi connectivity index (χ0n) is 24.8. The van der Waals surface area contributed by atoms with E-state index >= 15 is 0 Å². The summed E-state index contributed by atoms with van der Waals surface area (Å²) in [6.07, 6.45) is 0. The minimum atomic E-state index is -4.87. The molecule has 0 fully saturated rings. The molecule has 0 radical (unpaired) electrons. The van der Waals surface area contributed by atoms with E-state index in [4.69, 9.17) is 30.0 Å². The van der Waals surface area contributed by atoms with E-state index in [9.17, 15) is 34.0 Å². The Morgan fingerprint density at radius 3 is 2.16 bits per heavy atom. The van der Waals surface area contributed by atoms with Crippen LogP contribution in [0.15, 0.2) is 94.6 Å². The van der Waals surface area contributed by atoms with Crippen LogP contribution in [0.3, 0.4) is 0 Å². The largest absolute Gasteiger partial charge is 0.397 e. The average molecular weight is 838 g/mol. The predicted octanol–water partition coefficient (Wildman–Crippen LogP) is 4.41. The molecule has 0 saturated heterocycles. The second-order valence-electron chi connectivity index (χ2n) is 8.80. The molecule has 1 atom stereocenters. The van der Waals surface area contributed by atoms with Crippen LogP contribution in [-0.4, -0.2) is 73.8 Å². The van der Waals surface area contributed by atoms with Crippen molar-refractivity contribution in [3.63, 3.8) is 0 Å². The SMILES string of the molecule is Nc1ccc(N=Nc2ccc(S(=O)(=O)CCOS(=O)(=O)O)cc2SOOO)cc1N=Nc1ccc(SOOCCS(=O)OOO)cc1S(=O)(=O)O. The van der Waals surface area contributed by atoms with Crippen LogP contribution in [-0.2, 0) is 73.6 Å². The van der Waals surface area contributed by atoms with Gasteiger partial charge >= 0.3 is 10.4 Å². The number of hydrogen-bond acceptors (Lipinski definition) is 23. The first kappa shape index (κ1) is 42.3. The van der Waals surface area contributed by atoms with E-state index in [1.165, 1.54) is 36.4 Å². The van der Waals surface area contributed by atoms with Gasteiger partial charge in [-0.2, -0.15) is 26.3 Å². The Kier molecular flexibility index (Phi) is 16.3. The van der Waals surface area contributed by atoms with Gasteiger partial charge in [-0.15, -0.1) is 24.0 Å². The Morgan fingerprint density at radius 1 is 0.765 bits per heavy atom. The highest BCUT2D eigenvalue weighted by atomic mass is 32.3. The number of rotatable bonds is 21. The molecular formula is C22H23N5O18S6. The first-order valence-corrected chi connectivity index (χ1v) is 20.0. The Labute approximate surface area is 299 Å². The molecule has 0 aliphatic rings. The first-order chi connectivity index (χ1) is 24.0. The van der Waals surface area contributed by atoms with Crippen molar-refractivity contribution in [2.75, 3.05) is 30.5 Å². The Morgan fingerprint density at radius 2 is 1.47 bits per heavy atom. The number of hydrogen-bond donors (Lipinski definition) is 5. The van der Waals surface area contributed by atoms with Crippen LogP contribution >= 0.6 is 24.1 Å². The third-order valence-corrected chi connectivity index (χ3v) is 10.4. The second kappa shape index (κ2) is 19.7. The van der Waals surface area contributed by atoms with Gasteiger partial charge in [-0.3, -0.25) is 9.11 Å². The normalized spacial score (nSPS) is 13.3. The van der Waals surface area contributed by atoms with Gasteiger partial charge in [0.25, 0.3) is 10.1 Å². The van der Waals surface area contributed by atoms with Crippen molar-refractivity contribution in [3.8, 4) is 0 Å². The van der Waals surface area contributed by atoms with Gasteiger partial charge in [-0.1, -0.05) is 10.1 Å². The van der Waals surface area contributed by atoms with E-state index in [0.717, 1.165) is 18.2 Å². The Hall–Kier alpha value is -3.08. The molecule has 0 aliphatic carbocycles. The van der Waals surface area contributed by atoms with E-state index < -0.39 is 58.7 Å². The minimum absolute atomic E-state index is 0.00407. The number of benzene rings is 3. The Balaban J connectivity index is 1.80. The first-order valence-electron chi connectivity index (χ1n) is 12.8. The summed E-state index contributed by atoms with van der Waals surface area (Å²) in [6.45, 7) is -1.15. The summed E-state index contributed by atoms with van der Waals surface area (Å²) in [5, 5.41) is 39.3. The van der Waals surface area contributed by atoms with Crippen molar-refractivity contribution >= 4 is 94.0 Å². The molecule has 3 aromatic rings. The number of anilines is 1. The zero-order valence-corrected chi connectivity index (χ0v) is 29.7. The molecule has 3 rings (SSSR count). The third kappa shape index (κ3) is 14.5. The lowest BCUT2D eigenvalue weighted by atomic mass is 10.2. The molecule has 0 spiro atoms. The van der Waals surface area contributed by atoms with Crippen LogP contribution in [0, 0.1) is 0 Å². The van der Waals surface area contributed by atoms with Crippen LogP contribution in [0.2, 0.25) is 0 Å². The lowest BCUT2D eigenvalue weighted by Crippen LogP contribution is -2.15. The molecule has 0 heterocycles. The summed E-state index contributed by atoms with van der Waals surface area (Å²) in [5.41, 5.74) is 5.83. The molecule has 29 heteroatoms. The molecule has 280 valence electrons. The van der Waals surface area contributed by atoms with E-state index in [2.05, 4.69) is 43.4 Å². The smallest absolute Gasteiger partial charge is 0.397 e. The van der Waals surface area contributed by atoms with Crippen molar-refractivity contribution in [1.29, 1.82) is 0 Å². The average Bonchev–Trinajstić information content (AvgIpc) is 3.05. The maximum absolute atomic E-state index is 12.6. The lowest BCUT2D eigenvalue weighted by molar-refractivity contribution is -0.435. The highest BCUT2D eigenvalue weighted by Crippen LogP contribution is 2.36. The summed E-state index contributed by atoms with van der Waals surface area (Å²) >= 11 is -1.15. The molecule has 6 N–H and O–H groups in total. The Bertz CT molecular complexity index is 2080. The van der Waals surface area contributed by atoms with Gasteiger partial charge in [0.05, 0.1) is 70.0 Å². The quantitative estimate of drug-likeness (QED) is 0.0189. The fraction of sp³-hybridized carbons (Fsp3) is 0.182. The fourth-order valence-corrected chi connectivity index (χ4v) is 6.87. The summed E-state index contributed by atoms with van der Waals surface area (Å²) < 4.78 is 118. The molecule has 1 unspecified atom stereocenters. The number of nitrogen functional groups attached to an aromatic ring is 1. The van der Waals surface area contributed by atoms with Gasteiger partial charge in [-0.05, 0) is 54.6 Å². The van der Waals surface area contributed by atoms with E-state index in [-0.39, 0.29) is 55.5 Å². The topological polar surface area (TPSA) is 340 Å². The molecule has 0 amide bonds.